The third-order valence-corrected chi connectivity index (χ3v) is 5.21. The lowest BCUT2D eigenvalue weighted by molar-refractivity contribution is 0.144. The van der Waals surface area contributed by atoms with Crippen molar-refractivity contribution in [2.75, 3.05) is 46.3 Å². The number of rotatable bonds is 6. The predicted molar refractivity (Wildman–Crippen MR) is 101 cm³/mol. The summed E-state index contributed by atoms with van der Waals surface area (Å²) in [7, 11) is 2.20. The van der Waals surface area contributed by atoms with Crippen molar-refractivity contribution in [2.45, 2.75) is 33.2 Å². The number of nitrogens with zero attached hydrogens (tertiary/aromatic N) is 3. The van der Waals surface area contributed by atoms with E-state index in [-0.39, 0.29) is 0 Å². The van der Waals surface area contributed by atoms with E-state index >= 15 is 0 Å². The highest BCUT2D eigenvalue weighted by molar-refractivity contribution is 5.79. The van der Waals surface area contributed by atoms with E-state index in [1.165, 1.54) is 37.3 Å². The Bertz CT molecular complexity index is 670. The van der Waals surface area contributed by atoms with Crippen LogP contribution in [-0.2, 0) is 6.42 Å². The number of imidazole rings is 1. The lowest BCUT2D eigenvalue weighted by Gasteiger charge is -2.34. The van der Waals surface area contributed by atoms with E-state index in [4.69, 9.17) is 4.98 Å². The molecule has 2 aromatic rings. The zero-order valence-electron chi connectivity index (χ0n) is 15.5. The second kappa shape index (κ2) is 7.64. The summed E-state index contributed by atoms with van der Waals surface area (Å²) >= 11 is 0. The molecule has 0 unspecified atom stereocenters. The summed E-state index contributed by atoms with van der Waals surface area (Å²) in [5.74, 6) is 1.08. The number of fused-ring (bicyclic) bond motifs is 1. The molecule has 0 aliphatic carbocycles. The van der Waals surface area contributed by atoms with Gasteiger partial charge in [0.2, 0.25) is 0 Å². The lowest BCUT2D eigenvalue weighted by Crippen LogP contribution is -2.49. The quantitative estimate of drug-likeness (QED) is 0.850. The Hall–Kier alpha value is -1.43. The average Bonchev–Trinajstić information content (AvgIpc) is 2.97. The summed E-state index contributed by atoms with van der Waals surface area (Å²) in [4.78, 5) is 13.2. The van der Waals surface area contributed by atoms with Gasteiger partial charge in [-0.15, -0.1) is 0 Å². The van der Waals surface area contributed by atoms with Crippen LogP contribution in [0.4, 0.5) is 0 Å². The van der Waals surface area contributed by atoms with Gasteiger partial charge in [-0.2, -0.15) is 0 Å². The highest BCUT2D eigenvalue weighted by Crippen LogP contribution is 2.19. The second-order valence-corrected chi connectivity index (χ2v) is 7.30. The number of aryl methyl sites for hydroxylation is 2. The van der Waals surface area contributed by atoms with Gasteiger partial charge in [0.05, 0.1) is 11.0 Å². The average molecular weight is 329 g/mol. The molecule has 5 heteroatoms. The van der Waals surface area contributed by atoms with Crippen LogP contribution in [0.5, 0.6) is 0 Å². The molecule has 1 saturated heterocycles. The summed E-state index contributed by atoms with van der Waals surface area (Å²) in [6.07, 6.45) is 0.945. The standard InChI is InChI=1S/C19H31N5/c1-14-5-6-17-19(16(14)3)22-18(21-17)7-8-20-15(2)13-24-11-9-23(4)10-12-24/h5-6,15,20H,7-13H2,1-4H3,(H,21,22)/t15-/m0/s1. The molecular weight excluding hydrogens is 298 g/mol. The molecule has 1 aromatic carbocycles. The number of nitrogens with one attached hydrogen (secondary N) is 2. The largest absolute Gasteiger partial charge is 0.342 e. The second-order valence-electron chi connectivity index (χ2n) is 7.30. The fraction of sp³-hybridized carbons (Fsp3) is 0.632. The van der Waals surface area contributed by atoms with Gasteiger partial charge in [0.25, 0.3) is 0 Å². The maximum atomic E-state index is 4.78. The van der Waals surface area contributed by atoms with E-state index in [2.05, 4.69) is 60.1 Å². The van der Waals surface area contributed by atoms with Crippen LogP contribution in [0.15, 0.2) is 12.1 Å². The van der Waals surface area contributed by atoms with E-state index in [0.717, 1.165) is 36.4 Å². The molecule has 0 spiro atoms. The normalized spacial score (nSPS) is 18.3. The van der Waals surface area contributed by atoms with E-state index in [9.17, 15) is 0 Å². The van der Waals surface area contributed by atoms with Crippen molar-refractivity contribution in [3.8, 4) is 0 Å². The maximum absolute atomic E-state index is 4.78. The first-order chi connectivity index (χ1) is 11.5. The fourth-order valence-electron chi connectivity index (χ4n) is 3.40. The van der Waals surface area contributed by atoms with Crippen molar-refractivity contribution >= 4 is 11.0 Å². The van der Waals surface area contributed by atoms with E-state index in [0.29, 0.717) is 6.04 Å². The van der Waals surface area contributed by atoms with Crippen LogP contribution >= 0.6 is 0 Å². The molecule has 0 amide bonds. The number of aromatic nitrogens is 2. The fourth-order valence-corrected chi connectivity index (χ4v) is 3.40. The Balaban J connectivity index is 1.47. The van der Waals surface area contributed by atoms with Crippen LogP contribution in [0.25, 0.3) is 11.0 Å². The smallest absolute Gasteiger partial charge is 0.108 e. The summed E-state index contributed by atoms with van der Waals surface area (Å²) in [5, 5.41) is 3.64. The third-order valence-electron chi connectivity index (χ3n) is 5.21. The number of benzene rings is 1. The molecule has 1 aliphatic heterocycles. The lowest BCUT2D eigenvalue weighted by atomic mass is 10.1. The molecule has 1 aliphatic rings. The summed E-state index contributed by atoms with van der Waals surface area (Å²) < 4.78 is 0. The minimum Gasteiger partial charge on any atom is -0.342 e. The van der Waals surface area contributed by atoms with Crippen LogP contribution in [0.3, 0.4) is 0 Å². The predicted octanol–water partition coefficient (Wildman–Crippen LogP) is 1.95. The first-order valence-corrected chi connectivity index (χ1v) is 9.12. The Kier molecular flexibility index (Phi) is 5.54. The molecule has 132 valence electrons. The third kappa shape index (κ3) is 4.15. The molecule has 24 heavy (non-hydrogen) atoms. The number of hydrogen-bond acceptors (Lipinski definition) is 4. The van der Waals surface area contributed by atoms with Gasteiger partial charge in [-0.3, -0.25) is 4.90 Å². The van der Waals surface area contributed by atoms with Crippen molar-refractivity contribution in [2.24, 2.45) is 0 Å². The van der Waals surface area contributed by atoms with Crippen LogP contribution in [-0.4, -0.2) is 72.1 Å². The molecule has 2 heterocycles. The Morgan fingerprint density at radius 1 is 1.21 bits per heavy atom. The summed E-state index contributed by atoms with van der Waals surface area (Å²) in [6.45, 7) is 13.4. The molecule has 1 atom stereocenters. The highest BCUT2D eigenvalue weighted by Gasteiger charge is 2.15. The Labute approximate surface area is 145 Å². The van der Waals surface area contributed by atoms with Crippen LogP contribution < -0.4 is 5.32 Å². The SMILES string of the molecule is Cc1ccc2[nH]c(CCN[C@@H](C)CN3CCN(C)CC3)nc2c1C. The van der Waals surface area contributed by atoms with Crippen molar-refractivity contribution in [3.05, 3.63) is 29.1 Å². The molecule has 0 radical (unpaired) electrons. The molecule has 3 rings (SSSR count). The van der Waals surface area contributed by atoms with Crippen LogP contribution in [0.1, 0.15) is 23.9 Å². The van der Waals surface area contributed by atoms with Gasteiger partial charge in [-0.25, -0.2) is 4.98 Å². The molecule has 2 N–H and O–H groups in total. The van der Waals surface area contributed by atoms with E-state index in [1.807, 2.05) is 0 Å². The summed E-state index contributed by atoms with van der Waals surface area (Å²) in [6, 6.07) is 4.81. The van der Waals surface area contributed by atoms with Gasteiger partial charge in [0, 0.05) is 51.7 Å². The number of aromatic amines is 1. The Morgan fingerprint density at radius 3 is 2.71 bits per heavy atom. The van der Waals surface area contributed by atoms with Gasteiger partial charge in [-0.1, -0.05) is 6.07 Å². The Morgan fingerprint density at radius 2 is 1.96 bits per heavy atom. The first-order valence-electron chi connectivity index (χ1n) is 9.12. The molecule has 5 nitrogen and oxygen atoms in total. The van der Waals surface area contributed by atoms with Gasteiger partial charge in [0.15, 0.2) is 0 Å². The minimum atomic E-state index is 0.516. The molecule has 0 saturated carbocycles. The maximum Gasteiger partial charge on any atom is 0.108 e. The number of likely N-dealkylation sites (N-methyl/N-ethyl adjacent to an activating group) is 1. The van der Waals surface area contributed by atoms with Crippen LogP contribution in [0.2, 0.25) is 0 Å². The molecule has 1 fully saturated rings. The van der Waals surface area contributed by atoms with E-state index < -0.39 is 0 Å². The zero-order chi connectivity index (χ0) is 17.1. The van der Waals surface area contributed by atoms with Gasteiger partial charge < -0.3 is 15.2 Å². The van der Waals surface area contributed by atoms with Crippen molar-refractivity contribution in [1.29, 1.82) is 0 Å². The highest BCUT2D eigenvalue weighted by atomic mass is 15.3. The van der Waals surface area contributed by atoms with Crippen molar-refractivity contribution < 1.29 is 0 Å². The molecule has 0 bridgehead atoms. The number of piperazine rings is 1. The van der Waals surface area contributed by atoms with Gasteiger partial charge in [0.1, 0.15) is 5.82 Å². The number of H-pyrrole nitrogens is 1. The van der Waals surface area contributed by atoms with Crippen molar-refractivity contribution in [3.63, 3.8) is 0 Å². The van der Waals surface area contributed by atoms with Gasteiger partial charge >= 0.3 is 0 Å². The monoisotopic (exact) mass is 329 g/mol. The number of hydrogen-bond donors (Lipinski definition) is 2. The first kappa shape index (κ1) is 17.4. The molecular formula is C19H31N5. The molecule has 1 aromatic heterocycles. The van der Waals surface area contributed by atoms with Gasteiger partial charge in [-0.05, 0) is 45.0 Å². The minimum absolute atomic E-state index is 0.516. The van der Waals surface area contributed by atoms with E-state index in [1.54, 1.807) is 0 Å². The topological polar surface area (TPSA) is 47.2 Å². The van der Waals surface area contributed by atoms with Crippen molar-refractivity contribution in [1.82, 2.24) is 25.1 Å². The summed E-state index contributed by atoms with van der Waals surface area (Å²) in [5.41, 5.74) is 4.86. The zero-order valence-corrected chi connectivity index (χ0v) is 15.5. The van der Waals surface area contributed by atoms with Crippen LogP contribution in [0, 0.1) is 13.8 Å².